The van der Waals surface area contributed by atoms with Gasteiger partial charge < -0.3 is 4.74 Å². The summed E-state index contributed by atoms with van der Waals surface area (Å²) in [5.74, 6) is 1.55. The van der Waals surface area contributed by atoms with E-state index >= 15 is 0 Å². The van der Waals surface area contributed by atoms with Gasteiger partial charge in [-0.1, -0.05) is 20.8 Å². The molecule has 3 rings (SSSR count). The molecule has 0 aliphatic heterocycles. The van der Waals surface area contributed by atoms with Crippen molar-refractivity contribution in [2.75, 3.05) is 12.5 Å². The fourth-order valence-corrected chi connectivity index (χ4v) is 3.27. The summed E-state index contributed by atoms with van der Waals surface area (Å²) >= 11 is 1.70. The molecule has 0 bridgehead atoms. The van der Waals surface area contributed by atoms with Gasteiger partial charge in [-0.15, -0.1) is 11.3 Å². The molecule has 0 aliphatic rings. The van der Waals surface area contributed by atoms with Crippen LogP contribution in [0.25, 0.3) is 10.2 Å². The molecule has 0 fully saturated rings. The first-order valence-corrected chi connectivity index (χ1v) is 8.47. The Morgan fingerprint density at radius 3 is 2.58 bits per heavy atom. The number of rotatable bonds is 4. The van der Waals surface area contributed by atoms with Crippen LogP contribution >= 0.6 is 11.3 Å². The maximum absolute atomic E-state index is 5.15. The predicted octanol–water partition coefficient (Wildman–Crippen LogP) is 4.44. The molecule has 24 heavy (non-hydrogen) atoms. The van der Waals surface area contributed by atoms with Crippen molar-refractivity contribution in [1.82, 2.24) is 9.97 Å². The second-order valence-corrected chi connectivity index (χ2v) is 7.49. The number of aromatic nitrogens is 2. The van der Waals surface area contributed by atoms with Gasteiger partial charge in [0.05, 0.1) is 23.5 Å². The SMILES string of the molecule is COc1ccc(C=NNc2ncnc3cc(C(C)(C)C)sc23)cc1. The maximum Gasteiger partial charge on any atom is 0.167 e. The van der Waals surface area contributed by atoms with Crippen LogP contribution in [0.4, 0.5) is 5.82 Å². The van der Waals surface area contributed by atoms with Crippen molar-refractivity contribution in [3.05, 3.63) is 47.1 Å². The third-order valence-corrected chi connectivity index (χ3v) is 5.11. The highest BCUT2D eigenvalue weighted by Gasteiger charge is 2.18. The van der Waals surface area contributed by atoms with Crippen LogP contribution in [0.2, 0.25) is 0 Å². The molecule has 0 saturated carbocycles. The Kier molecular flexibility index (Phi) is 4.49. The van der Waals surface area contributed by atoms with Crippen molar-refractivity contribution in [3.8, 4) is 5.75 Å². The first-order chi connectivity index (χ1) is 11.5. The molecule has 0 amide bonds. The fourth-order valence-electron chi connectivity index (χ4n) is 2.16. The normalized spacial score (nSPS) is 12.0. The minimum atomic E-state index is 0.0923. The lowest BCUT2D eigenvalue weighted by molar-refractivity contribution is 0.415. The highest BCUT2D eigenvalue weighted by molar-refractivity contribution is 7.19. The average molecular weight is 340 g/mol. The Bertz CT molecular complexity index is 863. The Labute approximate surface area is 145 Å². The molecule has 0 spiro atoms. The number of nitrogens with zero attached hydrogens (tertiary/aromatic N) is 3. The highest BCUT2D eigenvalue weighted by atomic mass is 32.1. The standard InChI is InChI=1S/C18H20N4OS/c1-18(2,3)15-9-14-16(24-15)17(20-11-19-14)22-21-10-12-5-7-13(23-4)8-6-12/h5-11H,1-4H3,(H,19,20,22). The summed E-state index contributed by atoms with van der Waals surface area (Å²) < 4.78 is 6.17. The van der Waals surface area contributed by atoms with E-state index in [0.29, 0.717) is 0 Å². The summed E-state index contributed by atoms with van der Waals surface area (Å²) in [6.45, 7) is 6.58. The molecule has 0 atom stereocenters. The van der Waals surface area contributed by atoms with E-state index in [2.05, 4.69) is 47.3 Å². The van der Waals surface area contributed by atoms with E-state index in [1.165, 1.54) is 4.88 Å². The number of hydrazone groups is 1. The summed E-state index contributed by atoms with van der Waals surface area (Å²) in [6.07, 6.45) is 3.32. The van der Waals surface area contributed by atoms with Crippen LogP contribution in [-0.4, -0.2) is 23.3 Å². The van der Waals surface area contributed by atoms with Crippen molar-refractivity contribution in [2.45, 2.75) is 26.2 Å². The summed E-state index contributed by atoms with van der Waals surface area (Å²) in [6, 6.07) is 9.82. The van der Waals surface area contributed by atoms with Gasteiger partial charge in [-0.3, -0.25) is 5.43 Å². The molecule has 3 aromatic rings. The number of nitrogens with one attached hydrogen (secondary N) is 1. The number of hydrogen-bond donors (Lipinski definition) is 1. The van der Waals surface area contributed by atoms with Gasteiger partial charge in [-0.2, -0.15) is 5.10 Å². The molecule has 124 valence electrons. The van der Waals surface area contributed by atoms with Gasteiger partial charge in [0, 0.05) is 4.88 Å². The van der Waals surface area contributed by atoms with Crippen LogP contribution in [-0.2, 0) is 5.41 Å². The van der Waals surface area contributed by atoms with Gasteiger partial charge >= 0.3 is 0 Å². The van der Waals surface area contributed by atoms with Gasteiger partial charge in [-0.05, 0) is 41.3 Å². The summed E-state index contributed by atoms with van der Waals surface area (Å²) in [5.41, 5.74) is 5.05. The third kappa shape index (κ3) is 3.54. The summed E-state index contributed by atoms with van der Waals surface area (Å²) in [5, 5.41) is 4.29. The molecule has 0 unspecified atom stereocenters. The van der Waals surface area contributed by atoms with Gasteiger partial charge in [-0.25, -0.2) is 9.97 Å². The van der Waals surface area contributed by atoms with E-state index in [1.54, 1.807) is 31.0 Å². The topological polar surface area (TPSA) is 59.4 Å². The molecule has 2 aromatic heterocycles. The van der Waals surface area contributed by atoms with Crippen molar-refractivity contribution < 1.29 is 4.74 Å². The minimum Gasteiger partial charge on any atom is -0.497 e. The number of methoxy groups -OCH3 is 1. The number of thiophene rings is 1. The quantitative estimate of drug-likeness (QED) is 0.563. The van der Waals surface area contributed by atoms with E-state index in [4.69, 9.17) is 4.74 Å². The zero-order chi connectivity index (χ0) is 17.2. The van der Waals surface area contributed by atoms with Gasteiger partial charge in [0.25, 0.3) is 0 Å². The molecule has 1 N–H and O–H groups in total. The minimum absolute atomic E-state index is 0.0923. The smallest absolute Gasteiger partial charge is 0.167 e. The molecule has 0 saturated heterocycles. The van der Waals surface area contributed by atoms with Crippen LogP contribution in [0.15, 0.2) is 41.8 Å². The largest absolute Gasteiger partial charge is 0.497 e. The Morgan fingerprint density at radius 1 is 1.17 bits per heavy atom. The second-order valence-electron chi connectivity index (χ2n) is 6.44. The van der Waals surface area contributed by atoms with Crippen LogP contribution in [0.3, 0.4) is 0 Å². The molecular formula is C18H20N4OS. The Hall–Kier alpha value is -2.47. The number of ether oxygens (including phenoxy) is 1. The molecule has 5 nitrogen and oxygen atoms in total. The van der Waals surface area contributed by atoms with Crippen LogP contribution in [0, 0.1) is 0 Å². The number of anilines is 1. The highest BCUT2D eigenvalue weighted by Crippen LogP contribution is 2.35. The summed E-state index contributed by atoms with van der Waals surface area (Å²) in [4.78, 5) is 9.95. The van der Waals surface area contributed by atoms with Crippen molar-refractivity contribution >= 4 is 33.6 Å². The van der Waals surface area contributed by atoms with Crippen molar-refractivity contribution in [2.24, 2.45) is 5.10 Å². The number of benzene rings is 1. The predicted molar refractivity (Wildman–Crippen MR) is 100 cm³/mol. The second kappa shape index (κ2) is 6.57. The van der Waals surface area contributed by atoms with E-state index < -0.39 is 0 Å². The van der Waals surface area contributed by atoms with E-state index in [1.807, 2.05) is 24.3 Å². The van der Waals surface area contributed by atoms with E-state index in [-0.39, 0.29) is 5.41 Å². The van der Waals surface area contributed by atoms with E-state index in [9.17, 15) is 0 Å². The fraction of sp³-hybridized carbons (Fsp3) is 0.278. The van der Waals surface area contributed by atoms with Crippen molar-refractivity contribution in [3.63, 3.8) is 0 Å². The van der Waals surface area contributed by atoms with E-state index in [0.717, 1.165) is 27.3 Å². The van der Waals surface area contributed by atoms with Crippen LogP contribution < -0.4 is 10.2 Å². The molecule has 2 heterocycles. The third-order valence-electron chi connectivity index (χ3n) is 3.55. The van der Waals surface area contributed by atoms with Crippen molar-refractivity contribution in [1.29, 1.82) is 0 Å². The zero-order valence-corrected chi connectivity index (χ0v) is 15.0. The van der Waals surface area contributed by atoms with Crippen LogP contribution in [0.1, 0.15) is 31.2 Å². The van der Waals surface area contributed by atoms with Gasteiger partial charge in [0.1, 0.15) is 12.1 Å². The average Bonchev–Trinajstić information content (AvgIpc) is 3.01. The number of fused-ring (bicyclic) bond motifs is 1. The van der Waals surface area contributed by atoms with Gasteiger partial charge in [0.2, 0.25) is 0 Å². The lowest BCUT2D eigenvalue weighted by Gasteiger charge is -2.14. The molecule has 1 aromatic carbocycles. The lowest BCUT2D eigenvalue weighted by Crippen LogP contribution is -2.07. The molecule has 0 radical (unpaired) electrons. The first kappa shape index (κ1) is 16.4. The lowest BCUT2D eigenvalue weighted by atomic mass is 9.95. The zero-order valence-electron chi connectivity index (χ0n) is 14.2. The van der Waals surface area contributed by atoms with Crippen LogP contribution in [0.5, 0.6) is 5.75 Å². The molecule has 6 heteroatoms. The number of hydrogen-bond acceptors (Lipinski definition) is 6. The summed E-state index contributed by atoms with van der Waals surface area (Å²) in [7, 11) is 1.65. The molecular weight excluding hydrogens is 320 g/mol. The Balaban J connectivity index is 1.81. The molecule has 0 aliphatic carbocycles. The maximum atomic E-state index is 5.15. The Morgan fingerprint density at radius 2 is 1.92 bits per heavy atom. The monoisotopic (exact) mass is 340 g/mol. The van der Waals surface area contributed by atoms with Gasteiger partial charge in [0.15, 0.2) is 5.82 Å². The first-order valence-electron chi connectivity index (χ1n) is 7.65.